The summed E-state index contributed by atoms with van der Waals surface area (Å²) in [5.41, 5.74) is 3.36. The van der Waals surface area contributed by atoms with Crippen molar-refractivity contribution in [2.24, 2.45) is 0 Å². The Morgan fingerprint density at radius 1 is 0.886 bits per heavy atom. The maximum atomic E-state index is 12.9. The summed E-state index contributed by atoms with van der Waals surface area (Å²) >= 11 is 0. The van der Waals surface area contributed by atoms with Crippen LogP contribution in [0, 0.1) is 0 Å². The smallest absolute Gasteiger partial charge is 0.409 e. The third kappa shape index (κ3) is 5.97. The molecule has 0 radical (unpaired) electrons. The number of benzene rings is 2. The first kappa shape index (κ1) is 24.7. The van der Waals surface area contributed by atoms with Gasteiger partial charge >= 0.3 is 6.09 Å². The summed E-state index contributed by atoms with van der Waals surface area (Å²) < 4.78 is 10.7. The number of likely N-dealkylation sites (N-methyl/N-ethyl adjacent to an activating group) is 1. The van der Waals surface area contributed by atoms with Crippen molar-refractivity contribution in [1.82, 2.24) is 9.80 Å². The average molecular weight is 482 g/mol. The fourth-order valence-corrected chi connectivity index (χ4v) is 4.45. The zero-order valence-electron chi connectivity index (χ0n) is 20.8. The Morgan fingerprint density at radius 3 is 2.17 bits per heavy atom. The van der Waals surface area contributed by atoms with Crippen molar-refractivity contribution in [3.05, 3.63) is 48.0 Å². The maximum absolute atomic E-state index is 12.9. The molecule has 9 heteroatoms. The molecule has 0 saturated carbocycles. The maximum Gasteiger partial charge on any atom is 0.409 e. The predicted molar refractivity (Wildman–Crippen MR) is 138 cm³/mol. The molecule has 2 aliphatic rings. The number of hydrogen-bond acceptors (Lipinski definition) is 7. The standard InChI is InChI=1S/C26H35N5O4/c1-4-35-26(33)31-17-15-29(16-18-31)22-8-5-20(6-9-22)25(32)27-21-7-10-24(34-3)23(19-21)30-13-11-28(2)12-14-30/h5-10,19H,4,11-18H2,1-3H3,(H,27,32). The van der Waals surface area contributed by atoms with Crippen molar-refractivity contribution in [3.63, 3.8) is 0 Å². The van der Waals surface area contributed by atoms with E-state index in [9.17, 15) is 9.59 Å². The Morgan fingerprint density at radius 2 is 1.54 bits per heavy atom. The molecule has 0 spiro atoms. The molecule has 2 fully saturated rings. The number of amides is 2. The highest BCUT2D eigenvalue weighted by Gasteiger charge is 2.22. The molecule has 0 aliphatic carbocycles. The molecule has 4 rings (SSSR count). The number of methoxy groups -OCH3 is 1. The van der Waals surface area contributed by atoms with Crippen LogP contribution >= 0.6 is 0 Å². The molecule has 2 heterocycles. The van der Waals surface area contributed by atoms with Gasteiger partial charge in [0.1, 0.15) is 5.75 Å². The first-order valence-corrected chi connectivity index (χ1v) is 12.2. The third-order valence-electron chi connectivity index (χ3n) is 6.58. The first-order chi connectivity index (χ1) is 17.0. The predicted octanol–water partition coefficient (Wildman–Crippen LogP) is 2.98. The number of rotatable bonds is 6. The molecule has 0 bridgehead atoms. The van der Waals surface area contributed by atoms with Gasteiger partial charge in [-0.3, -0.25) is 4.79 Å². The number of carbonyl (C=O) groups is 2. The van der Waals surface area contributed by atoms with Crippen LogP contribution in [0.15, 0.2) is 42.5 Å². The van der Waals surface area contributed by atoms with Gasteiger partial charge in [0.05, 0.1) is 19.4 Å². The minimum absolute atomic E-state index is 0.154. The minimum Gasteiger partial charge on any atom is -0.495 e. The van der Waals surface area contributed by atoms with E-state index in [1.54, 1.807) is 12.0 Å². The van der Waals surface area contributed by atoms with E-state index < -0.39 is 0 Å². The van der Waals surface area contributed by atoms with Crippen LogP contribution in [0.3, 0.4) is 0 Å². The van der Waals surface area contributed by atoms with E-state index in [2.05, 4.69) is 27.1 Å². The highest BCUT2D eigenvalue weighted by atomic mass is 16.6. The van der Waals surface area contributed by atoms with Crippen LogP contribution in [0.1, 0.15) is 17.3 Å². The highest BCUT2D eigenvalue weighted by Crippen LogP contribution is 2.32. The van der Waals surface area contributed by atoms with Gasteiger partial charge in [0, 0.05) is 69.3 Å². The van der Waals surface area contributed by atoms with Crippen LogP contribution in [0.25, 0.3) is 0 Å². The molecule has 188 valence electrons. The van der Waals surface area contributed by atoms with Crippen LogP contribution in [0.5, 0.6) is 5.75 Å². The lowest BCUT2D eigenvalue weighted by atomic mass is 10.1. The SMILES string of the molecule is CCOC(=O)N1CCN(c2ccc(C(=O)Nc3ccc(OC)c(N4CCN(C)CC4)c3)cc2)CC1. The van der Waals surface area contributed by atoms with Gasteiger partial charge in [-0.2, -0.15) is 0 Å². The Labute approximate surface area is 207 Å². The number of piperazine rings is 2. The monoisotopic (exact) mass is 481 g/mol. The molecular weight excluding hydrogens is 446 g/mol. The van der Waals surface area contributed by atoms with Crippen molar-refractivity contribution in [2.45, 2.75) is 6.92 Å². The summed E-state index contributed by atoms with van der Waals surface area (Å²) in [6.45, 7) is 8.70. The van der Waals surface area contributed by atoms with E-state index in [0.29, 0.717) is 25.3 Å². The molecule has 9 nitrogen and oxygen atoms in total. The van der Waals surface area contributed by atoms with Gasteiger partial charge in [-0.1, -0.05) is 0 Å². The second kappa shape index (κ2) is 11.3. The lowest BCUT2D eigenvalue weighted by Gasteiger charge is -2.35. The molecular formula is C26H35N5O4. The number of hydrogen-bond donors (Lipinski definition) is 1. The topological polar surface area (TPSA) is 77.6 Å². The van der Waals surface area contributed by atoms with E-state index in [1.807, 2.05) is 49.4 Å². The van der Waals surface area contributed by atoms with Crippen LogP contribution in [-0.2, 0) is 4.74 Å². The summed E-state index contributed by atoms with van der Waals surface area (Å²) in [6, 6.07) is 13.4. The molecule has 35 heavy (non-hydrogen) atoms. The molecule has 2 amide bonds. The van der Waals surface area contributed by atoms with Gasteiger partial charge in [-0.25, -0.2) is 4.79 Å². The Kier molecular flexibility index (Phi) is 7.97. The molecule has 0 aromatic heterocycles. The second-order valence-electron chi connectivity index (χ2n) is 8.85. The second-order valence-corrected chi connectivity index (χ2v) is 8.85. The highest BCUT2D eigenvalue weighted by molar-refractivity contribution is 6.04. The molecule has 2 aromatic carbocycles. The number of nitrogens with zero attached hydrogens (tertiary/aromatic N) is 4. The summed E-state index contributed by atoms with van der Waals surface area (Å²) in [5, 5.41) is 3.02. The summed E-state index contributed by atoms with van der Waals surface area (Å²) in [7, 11) is 3.80. The fraction of sp³-hybridized carbons (Fsp3) is 0.462. The Bertz CT molecular complexity index is 1010. The van der Waals surface area contributed by atoms with Crippen LogP contribution < -0.4 is 19.9 Å². The van der Waals surface area contributed by atoms with Gasteiger partial charge < -0.3 is 34.4 Å². The number of carbonyl (C=O) groups excluding carboxylic acids is 2. The summed E-state index contributed by atoms with van der Waals surface area (Å²) in [4.78, 5) is 33.4. The van der Waals surface area contributed by atoms with Gasteiger partial charge in [0.2, 0.25) is 0 Å². The van der Waals surface area contributed by atoms with E-state index in [1.165, 1.54) is 0 Å². The molecule has 0 atom stereocenters. The van der Waals surface area contributed by atoms with E-state index >= 15 is 0 Å². The van der Waals surface area contributed by atoms with Crippen LogP contribution in [0.4, 0.5) is 21.9 Å². The lowest BCUT2D eigenvalue weighted by Crippen LogP contribution is -2.49. The van der Waals surface area contributed by atoms with Crippen molar-refractivity contribution < 1.29 is 19.1 Å². The van der Waals surface area contributed by atoms with Crippen molar-refractivity contribution in [3.8, 4) is 5.75 Å². The van der Waals surface area contributed by atoms with E-state index in [4.69, 9.17) is 9.47 Å². The van der Waals surface area contributed by atoms with Gasteiger partial charge in [0.15, 0.2) is 0 Å². The Balaban J connectivity index is 1.37. The van der Waals surface area contributed by atoms with E-state index in [0.717, 1.165) is 62.1 Å². The van der Waals surface area contributed by atoms with Gasteiger partial charge in [0.25, 0.3) is 5.91 Å². The van der Waals surface area contributed by atoms with Crippen molar-refractivity contribution in [1.29, 1.82) is 0 Å². The first-order valence-electron chi connectivity index (χ1n) is 12.2. The molecule has 2 aromatic rings. The largest absolute Gasteiger partial charge is 0.495 e. The number of anilines is 3. The zero-order valence-corrected chi connectivity index (χ0v) is 20.8. The van der Waals surface area contributed by atoms with Gasteiger partial charge in [-0.05, 0) is 56.4 Å². The lowest BCUT2D eigenvalue weighted by molar-refractivity contribution is 0.102. The Hall–Kier alpha value is -3.46. The molecule has 0 unspecified atom stereocenters. The van der Waals surface area contributed by atoms with Crippen LogP contribution in [-0.4, -0.2) is 94.9 Å². The van der Waals surface area contributed by atoms with Crippen molar-refractivity contribution in [2.75, 3.05) is 88.2 Å². The zero-order chi connectivity index (χ0) is 24.8. The fourth-order valence-electron chi connectivity index (χ4n) is 4.45. The molecule has 2 saturated heterocycles. The molecule has 2 aliphatic heterocycles. The third-order valence-corrected chi connectivity index (χ3v) is 6.58. The number of ether oxygens (including phenoxy) is 2. The summed E-state index contributed by atoms with van der Waals surface area (Å²) in [5.74, 6) is 0.651. The number of nitrogens with one attached hydrogen (secondary N) is 1. The van der Waals surface area contributed by atoms with Gasteiger partial charge in [-0.15, -0.1) is 0 Å². The van der Waals surface area contributed by atoms with Crippen LogP contribution in [0.2, 0.25) is 0 Å². The minimum atomic E-state index is -0.256. The normalized spacial score (nSPS) is 16.7. The molecule has 1 N–H and O–H groups in total. The summed E-state index contributed by atoms with van der Waals surface area (Å²) in [6.07, 6.45) is -0.256. The quantitative estimate of drug-likeness (QED) is 0.680. The van der Waals surface area contributed by atoms with E-state index in [-0.39, 0.29) is 12.0 Å². The van der Waals surface area contributed by atoms with Crippen molar-refractivity contribution >= 4 is 29.1 Å². The average Bonchev–Trinajstić information content (AvgIpc) is 2.89.